The average molecular weight is 359 g/mol. The number of carbonyl (C=O) groups excluding carboxylic acids is 2. The Morgan fingerprint density at radius 1 is 1.20 bits per heavy atom. The minimum atomic E-state index is -0.539. The molecule has 1 atom stereocenters. The second-order valence-electron chi connectivity index (χ2n) is 6.12. The number of fused-ring (bicyclic) bond motifs is 1. The maximum absolute atomic E-state index is 12.2. The number of amides is 2. The van der Waals surface area contributed by atoms with Crippen LogP contribution in [0.25, 0.3) is 0 Å². The van der Waals surface area contributed by atoms with Gasteiger partial charge in [-0.05, 0) is 48.9 Å². The Bertz CT molecular complexity index is 829. The SMILES string of the molecule is C[C@@H]1CCc2sc(C(=O)NNC(=O)c3ccc([N+](=O)[O-])cc3)cc2C1. The number of hydrogen-bond acceptors (Lipinski definition) is 5. The molecule has 2 aromatic rings. The van der Waals surface area contributed by atoms with Crippen molar-refractivity contribution in [3.63, 3.8) is 0 Å². The standard InChI is InChI=1S/C17H17N3O4S/c1-10-2-7-14-12(8-10)9-15(25-14)17(22)19-18-16(21)11-3-5-13(6-4-11)20(23)24/h3-6,9-10H,2,7-8H2,1H3,(H,18,21)(H,19,22)/t10-/m1/s1. The number of thiophene rings is 1. The number of hydrazine groups is 1. The molecular formula is C17H17N3O4S. The molecule has 25 heavy (non-hydrogen) atoms. The Hall–Kier alpha value is -2.74. The van der Waals surface area contributed by atoms with Gasteiger partial charge in [-0.1, -0.05) is 6.92 Å². The van der Waals surface area contributed by atoms with Gasteiger partial charge in [-0.2, -0.15) is 0 Å². The summed E-state index contributed by atoms with van der Waals surface area (Å²) in [5.41, 5.74) is 6.07. The topological polar surface area (TPSA) is 101 Å². The Kier molecular flexibility index (Phi) is 4.80. The summed E-state index contributed by atoms with van der Waals surface area (Å²) in [6.07, 6.45) is 3.10. The molecule has 2 amide bonds. The lowest BCUT2D eigenvalue weighted by atomic mass is 9.90. The number of hydrogen-bond donors (Lipinski definition) is 2. The third kappa shape index (κ3) is 3.85. The van der Waals surface area contributed by atoms with E-state index >= 15 is 0 Å². The van der Waals surface area contributed by atoms with Gasteiger partial charge in [-0.25, -0.2) is 0 Å². The molecule has 1 aromatic carbocycles. The van der Waals surface area contributed by atoms with Gasteiger partial charge in [0.15, 0.2) is 0 Å². The van der Waals surface area contributed by atoms with E-state index in [1.54, 1.807) is 0 Å². The highest BCUT2D eigenvalue weighted by atomic mass is 32.1. The fraction of sp³-hybridized carbons (Fsp3) is 0.294. The summed E-state index contributed by atoms with van der Waals surface area (Å²) in [6.45, 7) is 2.20. The van der Waals surface area contributed by atoms with E-state index in [4.69, 9.17) is 0 Å². The van der Waals surface area contributed by atoms with Crippen LogP contribution in [0.3, 0.4) is 0 Å². The van der Waals surface area contributed by atoms with Crippen LogP contribution in [0.5, 0.6) is 0 Å². The lowest BCUT2D eigenvalue weighted by Crippen LogP contribution is -2.41. The summed E-state index contributed by atoms with van der Waals surface area (Å²) in [5, 5.41) is 10.6. The Morgan fingerprint density at radius 2 is 1.88 bits per heavy atom. The summed E-state index contributed by atoms with van der Waals surface area (Å²) in [6, 6.07) is 7.05. The van der Waals surface area contributed by atoms with Crippen LogP contribution in [-0.2, 0) is 12.8 Å². The number of carbonyl (C=O) groups is 2. The number of non-ortho nitro benzene ring substituents is 1. The van der Waals surface area contributed by atoms with Crippen molar-refractivity contribution >= 4 is 28.8 Å². The minimum absolute atomic E-state index is 0.0982. The molecule has 1 aliphatic rings. The monoisotopic (exact) mass is 359 g/mol. The highest BCUT2D eigenvalue weighted by molar-refractivity contribution is 7.14. The van der Waals surface area contributed by atoms with Gasteiger partial charge in [0.1, 0.15) is 0 Å². The Labute approximate surface area is 148 Å². The predicted molar refractivity (Wildman–Crippen MR) is 93.5 cm³/mol. The summed E-state index contributed by atoms with van der Waals surface area (Å²) < 4.78 is 0. The lowest BCUT2D eigenvalue weighted by Gasteiger charge is -2.16. The molecule has 7 nitrogen and oxygen atoms in total. The summed E-state index contributed by atoms with van der Waals surface area (Å²) in [7, 11) is 0. The van der Waals surface area contributed by atoms with Crippen molar-refractivity contribution in [3.05, 3.63) is 61.3 Å². The molecule has 0 saturated carbocycles. The molecule has 1 aliphatic carbocycles. The van der Waals surface area contributed by atoms with E-state index in [0.717, 1.165) is 19.3 Å². The smallest absolute Gasteiger partial charge is 0.267 e. The van der Waals surface area contributed by atoms with Crippen molar-refractivity contribution in [2.75, 3.05) is 0 Å². The Morgan fingerprint density at radius 3 is 2.56 bits per heavy atom. The number of nitrogens with zero attached hydrogens (tertiary/aromatic N) is 1. The normalized spacial score (nSPS) is 16.0. The number of benzene rings is 1. The molecule has 0 spiro atoms. The zero-order chi connectivity index (χ0) is 18.0. The van der Waals surface area contributed by atoms with Crippen molar-refractivity contribution in [1.82, 2.24) is 10.9 Å². The van der Waals surface area contributed by atoms with E-state index in [2.05, 4.69) is 17.8 Å². The number of nitro benzene ring substituents is 1. The molecule has 3 rings (SSSR count). The molecule has 1 heterocycles. The first-order chi connectivity index (χ1) is 11.9. The molecule has 0 saturated heterocycles. The van der Waals surface area contributed by atoms with Gasteiger partial charge in [-0.15, -0.1) is 11.3 Å². The van der Waals surface area contributed by atoms with Crippen LogP contribution in [0.1, 0.15) is 43.8 Å². The van der Waals surface area contributed by atoms with Crippen molar-refractivity contribution < 1.29 is 14.5 Å². The van der Waals surface area contributed by atoms with Gasteiger partial charge in [-0.3, -0.25) is 30.6 Å². The van der Waals surface area contributed by atoms with Gasteiger partial charge in [0.05, 0.1) is 9.80 Å². The van der Waals surface area contributed by atoms with Gasteiger partial charge in [0, 0.05) is 22.6 Å². The molecule has 8 heteroatoms. The van der Waals surface area contributed by atoms with E-state index in [1.807, 2.05) is 6.07 Å². The molecule has 0 fully saturated rings. The van der Waals surface area contributed by atoms with Crippen molar-refractivity contribution in [2.45, 2.75) is 26.2 Å². The molecule has 1 aromatic heterocycles. The molecule has 2 N–H and O–H groups in total. The van der Waals surface area contributed by atoms with E-state index < -0.39 is 10.8 Å². The van der Waals surface area contributed by atoms with Gasteiger partial charge < -0.3 is 0 Å². The molecule has 0 radical (unpaired) electrons. The van der Waals surface area contributed by atoms with E-state index in [-0.39, 0.29) is 17.2 Å². The predicted octanol–water partition coefficient (Wildman–Crippen LogP) is 2.86. The van der Waals surface area contributed by atoms with Crippen molar-refractivity contribution in [2.24, 2.45) is 5.92 Å². The summed E-state index contributed by atoms with van der Waals surface area (Å²) >= 11 is 1.46. The quantitative estimate of drug-likeness (QED) is 0.650. The first-order valence-corrected chi connectivity index (χ1v) is 8.72. The fourth-order valence-electron chi connectivity index (χ4n) is 2.80. The molecular weight excluding hydrogens is 342 g/mol. The maximum Gasteiger partial charge on any atom is 0.279 e. The van der Waals surface area contributed by atoms with Gasteiger partial charge in [0.25, 0.3) is 17.5 Å². The number of nitrogens with one attached hydrogen (secondary N) is 2. The Balaban J connectivity index is 1.60. The average Bonchev–Trinajstić information content (AvgIpc) is 3.02. The van der Waals surface area contributed by atoms with Crippen LogP contribution in [0.4, 0.5) is 5.69 Å². The van der Waals surface area contributed by atoms with Crippen LogP contribution in [0, 0.1) is 16.0 Å². The first-order valence-electron chi connectivity index (χ1n) is 7.90. The van der Waals surface area contributed by atoms with Crippen LogP contribution in [0.2, 0.25) is 0 Å². The highest BCUT2D eigenvalue weighted by Gasteiger charge is 2.21. The third-order valence-electron chi connectivity index (χ3n) is 4.18. The second kappa shape index (κ2) is 7.02. The van der Waals surface area contributed by atoms with Crippen LogP contribution in [0.15, 0.2) is 30.3 Å². The number of rotatable bonds is 3. The molecule has 0 unspecified atom stereocenters. The van der Waals surface area contributed by atoms with E-state index in [1.165, 1.54) is 46.0 Å². The highest BCUT2D eigenvalue weighted by Crippen LogP contribution is 2.32. The van der Waals surface area contributed by atoms with Gasteiger partial charge >= 0.3 is 0 Å². The third-order valence-corrected chi connectivity index (χ3v) is 5.42. The van der Waals surface area contributed by atoms with Crippen LogP contribution in [-0.4, -0.2) is 16.7 Å². The van der Waals surface area contributed by atoms with Crippen LogP contribution >= 0.6 is 11.3 Å². The number of aryl methyl sites for hydroxylation is 1. The zero-order valence-corrected chi connectivity index (χ0v) is 14.4. The minimum Gasteiger partial charge on any atom is -0.267 e. The van der Waals surface area contributed by atoms with Gasteiger partial charge in [0.2, 0.25) is 0 Å². The lowest BCUT2D eigenvalue weighted by molar-refractivity contribution is -0.384. The summed E-state index contributed by atoms with van der Waals surface area (Å²) in [4.78, 5) is 36.1. The van der Waals surface area contributed by atoms with Crippen LogP contribution < -0.4 is 10.9 Å². The fourth-order valence-corrected chi connectivity index (χ4v) is 3.90. The largest absolute Gasteiger partial charge is 0.279 e. The van der Waals surface area contributed by atoms with Crippen molar-refractivity contribution in [3.8, 4) is 0 Å². The molecule has 130 valence electrons. The zero-order valence-electron chi connectivity index (χ0n) is 13.6. The molecule has 0 bridgehead atoms. The van der Waals surface area contributed by atoms with E-state index in [9.17, 15) is 19.7 Å². The second-order valence-corrected chi connectivity index (χ2v) is 7.26. The molecule has 0 aliphatic heterocycles. The maximum atomic E-state index is 12.2. The van der Waals surface area contributed by atoms with Crippen molar-refractivity contribution in [1.29, 1.82) is 0 Å². The summed E-state index contributed by atoms with van der Waals surface area (Å²) in [5.74, 6) is -0.264. The van der Waals surface area contributed by atoms with E-state index in [0.29, 0.717) is 10.8 Å². The first kappa shape index (κ1) is 17.1. The number of nitro groups is 1.